The van der Waals surface area contributed by atoms with E-state index in [9.17, 15) is 4.79 Å². The Bertz CT molecular complexity index is 514. The van der Waals surface area contributed by atoms with Gasteiger partial charge in [0.05, 0.1) is 0 Å². The largest absolute Gasteiger partial charge is 0.355 e. The van der Waals surface area contributed by atoms with Crippen LogP contribution in [0.15, 0.2) is 24.3 Å². The van der Waals surface area contributed by atoms with Gasteiger partial charge in [-0.2, -0.15) is 0 Å². The minimum atomic E-state index is 0.161. The number of hydrogen-bond donors (Lipinski definition) is 2. The summed E-state index contributed by atoms with van der Waals surface area (Å²) >= 11 is 0. The minimum Gasteiger partial charge on any atom is -0.355 e. The molecule has 2 N–H and O–H groups in total. The van der Waals surface area contributed by atoms with Crippen molar-refractivity contribution in [2.24, 2.45) is 5.92 Å². The van der Waals surface area contributed by atoms with Gasteiger partial charge in [-0.25, -0.2) is 0 Å². The van der Waals surface area contributed by atoms with Crippen molar-refractivity contribution < 1.29 is 4.79 Å². The zero-order chi connectivity index (χ0) is 15.4. The first kappa shape index (κ1) is 15.5. The molecule has 1 aromatic carbocycles. The predicted octanol–water partition coefficient (Wildman–Crippen LogP) is 2.92. The smallest absolute Gasteiger partial charge is 0.223 e. The van der Waals surface area contributed by atoms with Crippen molar-refractivity contribution in [1.29, 1.82) is 0 Å². The Morgan fingerprint density at radius 2 is 2.00 bits per heavy atom. The SMILES string of the molecule is Cc1cccc(C2(CNC(=O)C3CCNCC3)CCCC2)c1. The molecule has 2 aliphatic rings. The normalized spacial score (nSPS) is 21.7. The van der Waals surface area contributed by atoms with Crippen molar-refractivity contribution in [2.45, 2.75) is 50.9 Å². The van der Waals surface area contributed by atoms with Crippen molar-refractivity contribution in [2.75, 3.05) is 19.6 Å². The number of piperidine rings is 1. The summed E-state index contributed by atoms with van der Waals surface area (Å²) in [6, 6.07) is 8.86. The zero-order valence-corrected chi connectivity index (χ0v) is 13.7. The number of nitrogens with one attached hydrogen (secondary N) is 2. The Morgan fingerprint density at radius 1 is 1.27 bits per heavy atom. The molecule has 120 valence electrons. The molecule has 0 unspecified atom stereocenters. The molecule has 1 saturated heterocycles. The van der Waals surface area contributed by atoms with E-state index in [0.29, 0.717) is 0 Å². The maximum absolute atomic E-state index is 12.5. The van der Waals surface area contributed by atoms with E-state index in [0.717, 1.165) is 32.5 Å². The van der Waals surface area contributed by atoms with Crippen LogP contribution in [0.1, 0.15) is 49.7 Å². The molecule has 22 heavy (non-hydrogen) atoms. The van der Waals surface area contributed by atoms with Gasteiger partial charge < -0.3 is 10.6 Å². The summed E-state index contributed by atoms with van der Waals surface area (Å²) in [5, 5.41) is 6.61. The lowest BCUT2D eigenvalue weighted by Gasteiger charge is -2.31. The van der Waals surface area contributed by atoms with Crippen LogP contribution >= 0.6 is 0 Å². The highest BCUT2D eigenvalue weighted by Gasteiger charge is 2.36. The predicted molar refractivity (Wildman–Crippen MR) is 89.9 cm³/mol. The van der Waals surface area contributed by atoms with Crippen LogP contribution < -0.4 is 10.6 Å². The molecule has 0 aromatic heterocycles. The maximum atomic E-state index is 12.5. The second-order valence-corrected chi connectivity index (χ2v) is 7.10. The first-order valence-electron chi connectivity index (χ1n) is 8.75. The second kappa shape index (κ2) is 6.82. The quantitative estimate of drug-likeness (QED) is 0.897. The lowest BCUT2D eigenvalue weighted by Crippen LogP contribution is -2.44. The van der Waals surface area contributed by atoms with E-state index in [4.69, 9.17) is 0 Å². The Morgan fingerprint density at radius 3 is 2.68 bits per heavy atom. The van der Waals surface area contributed by atoms with Gasteiger partial charge in [0.25, 0.3) is 0 Å². The van der Waals surface area contributed by atoms with E-state index in [2.05, 4.69) is 41.8 Å². The van der Waals surface area contributed by atoms with Crippen LogP contribution in [0.2, 0.25) is 0 Å². The topological polar surface area (TPSA) is 41.1 Å². The van der Waals surface area contributed by atoms with Crippen molar-refractivity contribution in [3.8, 4) is 0 Å². The van der Waals surface area contributed by atoms with Gasteiger partial charge >= 0.3 is 0 Å². The number of carbonyl (C=O) groups is 1. The fourth-order valence-corrected chi connectivity index (χ4v) is 4.08. The van der Waals surface area contributed by atoms with Crippen LogP contribution in [0.5, 0.6) is 0 Å². The molecule has 1 heterocycles. The molecule has 0 bridgehead atoms. The molecule has 3 nitrogen and oxygen atoms in total. The first-order valence-corrected chi connectivity index (χ1v) is 8.75. The highest BCUT2D eigenvalue weighted by Crippen LogP contribution is 2.40. The lowest BCUT2D eigenvalue weighted by atomic mass is 9.78. The van der Waals surface area contributed by atoms with Gasteiger partial charge in [-0.3, -0.25) is 4.79 Å². The molecule has 1 amide bonds. The maximum Gasteiger partial charge on any atom is 0.223 e. The second-order valence-electron chi connectivity index (χ2n) is 7.10. The van der Waals surface area contributed by atoms with Gasteiger partial charge in [0.15, 0.2) is 0 Å². The van der Waals surface area contributed by atoms with Crippen LogP contribution in [0.3, 0.4) is 0 Å². The summed E-state index contributed by atoms with van der Waals surface area (Å²) < 4.78 is 0. The molecular weight excluding hydrogens is 272 g/mol. The number of rotatable bonds is 4. The molecule has 0 atom stereocenters. The fraction of sp³-hybridized carbons (Fsp3) is 0.632. The lowest BCUT2D eigenvalue weighted by molar-refractivity contribution is -0.126. The zero-order valence-electron chi connectivity index (χ0n) is 13.7. The summed E-state index contributed by atoms with van der Waals surface area (Å²) in [5.74, 6) is 0.470. The number of hydrogen-bond acceptors (Lipinski definition) is 2. The molecule has 1 aliphatic heterocycles. The molecule has 2 fully saturated rings. The van der Waals surface area contributed by atoms with Crippen molar-refractivity contribution in [1.82, 2.24) is 10.6 Å². The van der Waals surface area contributed by atoms with Gasteiger partial charge in [-0.05, 0) is 51.3 Å². The monoisotopic (exact) mass is 300 g/mol. The van der Waals surface area contributed by atoms with Gasteiger partial charge in [-0.15, -0.1) is 0 Å². The highest BCUT2D eigenvalue weighted by atomic mass is 16.1. The molecular formula is C19H28N2O. The third-order valence-electron chi connectivity index (χ3n) is 5.50. The van der Waals surface area contributed by atoms with Gasteiger partial charge in [0.1, 0.15) is 0 Å². The van der Waals surface area contributed by atoms with Gasteiger partial charge in [0, 0.05) is 17.9 Å². The standard InChI is InChI=1S/C19H28N2O/c1-15-5-4-6-17(13-15)19(9-2-3-10-19)14-21-18(22)16-7-11-20-12-8-16/h4-6,13,16,20H,2-3,7-12,14H2,1H3,(H,21,22). The van der Waals surface area contributed by atoms with Crippen LogP contribution in [0, 0.1) is 12.8 Å². The van der Waals surface area contributed by atoms with E-state index < -0.39 is 0 Å². The van der Waals surface area contributed by atoms with E-state index in [1.165, 1.54) is 36.8 Å². The summed E-state index contributed by atoms with van der Waals surface area (Å²) in [6.45, 7) is 4.90. The Hall–Kier alpha value is -1.35. The first-order chi connectivity index (χ1) is 10.7. The Labute approximate surface area is 133 Å². The number of benzene rings is 1. The third kappa shape index (κ3) is 3.35. The Balaban J connectivity index is 1.68. The third-order valence-corrected chi connectivity index (χ3v) is 5.50. The molecule has 0 radical (unpaired) electrons. The highest BCUT2D eigenvalue weighted by molar-refractivity contribution is 5.78. The molecule has 0 spiro atoms. The van der Waals surface area contributed by atoms with Crippen molar-refractivity contribution >= 4 is 5.91 Å². The van der Waals surface area contributed by atoms with E-state index in [1.54, 1.807) is 0 Å². The molecule has 3 heteroatoms. The summed E-state index contributed by atoms with van der Waals surface area (Å²) in [4.78, 5) is 12.5. The minimum absolute atomic E-state index is 0.161. The number of aryl methyl sites for hydroxylation is 1. The van der Waals surface area contributed by atoms with Crippen molar-refractivity contribution in [3.63, 3.8) is 0 Å². The fourth-order valence-electron chi connectivity index (χ4n) is 4.08. The van der Waals surface area contributed by atoms with Gasteiger partial charge in [0.2, 0.25) is 5.91 Å². The van der Waals surface area contributed by atoms with Crippen LogP contribution in [-0.2, 0) is 10.2 Å². The number of carbonyl (C=O) groups excluding carboxylic acids is 1. The average molecular weight is 300 g/mol. The van der Waals surface area contributed by atoms with Crippen LogP contribution in [-0.4, -0.2) is 25.5 Å². The summed E-state index contributed by atoms with van der Waals surface area (Å²) in [6.07, 6.45) is 6.90. The average Bonchev–Trinajstić information content (AvgIpc) is 3.04. The Kier molecular flexibility index (Phi) is 4.82. The molecule has 1 saturated carbocycles. The number of amides is 1. The van der Waals surface area contributed by atoms with E-state index >= 15 is 0 Å². The molecule has 3 rings (SSSR count). The van der Waals surface area contributed by atoms with Crippen molar-refractivity contribution in [3.05, 3.63) is 35.4 Å². The van der Waals surface area contributed by atoms with Crippen LogP contribution in [0.4, 0.5) is 0 Å². The summed E-state index contributed by atoms with van der Waals surface area (Å²) in [7, 11) is 0. The molecule has 1 aliphatic carbocycles. The van der Waals surface area contributed by atoms with Gasteiger partial charge in [-0.1, -0.05) is 42.7 Å². The molecule has 1 aromatic rings. The summed E-state index contributed by atoms with van der Waals surface area (Å²) in [5.41, 5.74) is 2.89. The van der Waals surface area contributed by atoms with E-state index in [1.807, 2.05) is 0 Å². The van der Waals surface area contributed by atoms with E-state index in [-0.39, 0.29) is 17.2 Å². The van der Waals surface area contributed by atoms with Crippen LogP contribution in [0.25, 0.3) is 0 Å².